The molecule has 0 aliphatic heterocycles. The van der Waals surface area contributed by atoms with E-state index >= 15 is 0 Å². The number of aromatic nitrogens is 1. The molecule has 0 N–H and O–H groups in total. The van der Waals surface area contributed by atoms with E-state index in [9.17, 15) is 0 Å². The summed E-state index contributed by atoms with van der Waals surface area (Å²) in [6.45, 7) is 2.06. The Morgan fingerprint density at radius 1 is 1.05 bits per heavy atom. The molecule has 3 aromatic rings. The van der Waals surface area contributed by atoms with Crippen molar-refractivity contribution in [3.63, 3.8) is 0 Å². The van der Waals surface area contributed by atoms with Gasteiger partial charge in [-0.3, -0.25) is 0 Å². The maximum atomic E-state index is 5.31. The van der Waals surface area contributed by atoms with Gasteiger partial charge in [0.15, 0.2) is 5.58 Å². The lowest BCUT2D eigenvalue weighted by atomic mass is 10.1. The van der Waals surface area contributed by atoms with Crippen LogP contribution in [-0.4, -0.2) is 12.3 Å². The van der Waals surface area contributed by atoms with Crippen molar-refractivity contribution in [1.82, 2.24) is 5.16 Å². The summed E-state index contributed by atoms with van der Waals surface area (Å²) in [7, 11) is 1.66. The van der Waals surface area contributed by atoms with E-state index in [1.807, 2.05) is 48.6 Å². The smallest absolute Gasteiger partial charge is 0.167 e. The van der Waals surface area contributed by atoms with Crippen molar-refractivity contribution in [2.45, 2.75) is 6.92 Å². The quantitative estimate of drug-likeness (QED) is 0.707. The Morgan fingerprint density at radius 3 is 2.60 bits per heavy atom. The first-order valence-electron chi connectivity index (χ1n) is 6.44. The third-order valence-corrected chi connectivity index (χ3v) is 3.20. The molecule has 1 heterocycles. The molecule has 2 aromatic carbocycles. The predicted octanol–water partition coefficient (Wildman–Crippen LogP) is 4.32. The zero-order valence-corrected chi connectivity index (χ0v) is 11.5. The van der Waals surface area contributed by atoms with Crippen LogP contribution in [0, 0.1) is 6.92 Å². The largest absolute Gasteiger partial charge is 0.497 e. The van der Waals surface area contributed by atoms with Gasteiger partial charge < -0.3 is 9.26 Å². The highest BCUT2D eigenvalue weighted by Crippen LogP contribution is 2.22. The fourth-order valence-corrected chi connectivity index (χ4v) is 2.08. The number of nitrogens with zero attached hydrogens (tertiary/aromatic N) is 1. The van der Waals surface area contributed by atoms with E-state index in [1.165, 1.54) is 5.56 Å². The van der Waals surface area contributed by atoms with Crippen LogP contribution in [0.3, 0.4) is 0 Å². The van der Waals surface area contributed by atoms with Crippen LogP contribution in [-0.2, 0) is 0 Å². The maximum Gasteiger partial charge on any atom is 0.167 e. The summed E-state index contributed by atoms with van der Waals surface area (Å²) in [5.74, 6) is 0.852. The Morgan fingerprint density at radius 2 is 1.85 bits per heavy atom. The van der Waals surface area contributed by atoms with Gasteiger partial charge in [-0.1, -0.05) is 35.0 Å². The first kappa shape index (κ1) is 12.5. The number of methoxy groups -OCH3 is 1. The summed E-state index contributed by atoms with van der Waals surface area (Å²) in [4.78, 5) is 0. The fraction of sp³-hybridized carbons (Fsp3) is 0.118. The molecule has 0 saturated heterocycles. The van der Waals surface area contributed by atoms with E-state index in [4.69, 9.17) is 9.26 Å². The molecule has 0 radical (unpaired) electrons. The highest BCUT2D eigenvalue weighted by atomic mass is 16.5. The van der Waals surface area contributed by atoms with Gasteiger partial charge in [-0.25, -0.2) is 0 Å². The second-order valence-corrected chi connectivity index (χ2v) is 4.67. The third-order valence-electron chi connectivity index (χ3n) is 3.20. The molecule has 0 unspecified atom stereocenters. The van der Waals surface area contributed by atoms with Crippen molar-refractivity contribution in [1.29, 1.82) is 0 Å². The summed E-state index contributed by atoms with van der Waals surface area (Å²) >= 11 is 0. The number of ether oxygens (including phenoxy) is 1. The van der Waals surface area contributed by atoms with E-state index < -0.39 is 0 Å². The molecule has 0 amide bonds. The molecule has 0 atom stereocenters. The van der Waals surface area contributed by atoms with Crippen molar-refractivity contribution in [3.8, 4) is 5.75 Å². The molecular weight excluding hydrogens is 250 g/mol. The normalized spacial score (nSPS) is 11.3. The van der Waals surface area contributed by atoms with Crippen LogP contribution < -0.4 is 4.74 Å². The first-order valence-corrected chi connectivity index (χ1v) is 6.44. The van der Waals surface area contributed by atoms with Gasteiger partial charge in [0, 0.05) is 5.39 Å². The summed E-state index contributed by atoms with van der Waals surface area (Å²) < 4.78 is 10.4. The number of fused-ring (bicyclic) bond motifs is 1. The molecule has 0 aliphatic rings. The van der Waals surface area contributed by atoms with E-state index in [-0.39, 0.29) is 0 Å². The number of hydrogen-bond acceptors (Lipinski definition) is 3. The van der Waals surface area contributed by atoms with Crippen LogP contribution in [0.25, 0.3) is 23.1 Å². The Kier molecular flexibility index (Phi) is 3.25. The molecule has 0 fully saturated rings. The molecule has 3 heteroatoms. The van der Waals surface area contributed by atoms with Crippen LogP contribution in [0.15, 0.2) is 47.0 Å². The molecule has 3 nitrogen and oxygen atoms in total. The van der Waals surface area contributed by atoms with Crippen molar-refractivity contribution < 1.29 is 9.26 Å². The summed E-state index contributed by atoms with van der Waals surface area (Å²) in [6, 6.07) is 13.9. The average Bonchev–Trinajstić information content (AvgIpc) is 2.88. The SMILES string of the molecule is COc1ccc(/C=C\c2noc3ccc(C)cc23)cc1. The summed E-state index contributed by atoms with van der Waals surface area (Å²) in [6.07, 6.45) is 3.98. The lowest BCUT2D eigenvalue weighted by molar-refractivity contribution is 0.415. The van der Waals surface area contributed by atoms with Crippen molar-refractivity contribution in [2.24, 2.45) is 0 Å². The van der Waals surface area contributed by atoms with Crippen molar-refractivity contribution in [3.05, 3.63) is 59.3 Å². The highest BCUT2D eigenvalue weighted by Gasteiger charge is 2.04. The van der Waals surface area contributed by atoms with Gasteiger partial charge in [0.25, 0.3) is 0 Å². The summed E-state index contributed by atoms with van der Waals surface area (Å²) in [5, 5.41) is 5.14. The standard InChI is InChI=1S/C17H15NO2/c1-12-3-10-17-15(11-12)16(18-20-17)9-6-13-4-7-14(19-2)8-5-13/h3-11H,1-2H3/b9-6-. The zero-order valence-electron chi connectivity index (χ0n) is 11.5. The minimum atomic E-state index is 0.810. The molecule has 1 aromatic heterocycles. The predicted molar refractivity (Wildman–Crippen MR) is 80.7 cm³/mol. The third kappa shape index (κ3) is 2.43. The zero-order chi connectivity index (χ0) is 13.9. The Bertz CT molecular complexity index is 754. The van der Waals surface area contributed by atoms with Gasteiger partial charge in [0.2, 0.25) is 0 Å². The second-order valence-electron chi connectivity index (χ2n) is 4.67. The van der Waals surface area contributed by atoms with Gasteiger partial charge in [-0.15, -0.1) is 0 Å². The summed E-state index contributed by atoms with van der Waals surface area (Å²) in [5.41, 5.74) is 3.94. The van der Waals surface area contributed by atoms with Crippen LogP contribution in [0.5, 0.6) is 5.75 Å². The Labute approximate surface area is 117 Å². The van der Waals surface area contributed by atoms with Gasteiger partial charge in [-0.05, 0) is 42.8 Å². The molecule has 0 spiro atoms. The highest BCUT2D eigenvalue weighted by molar-refractivity contribution is 5.88. The topological polar surface area (TPSA) is 35.3 Å². The molecule has 0 saturated carbocycles. The maximum absolute atomic E-state index is 5.31. The minimum absolute atomic E-state index is 0.810. The first-order chi connectivity index (χ1) is 9.76. The molecule has 0 aliphatic carbocycles. The van der Waals surface area contributed by atoms with Crippen LogP contribution >= 0.6 is 0 Å². The monoisotopic (exact) mass is 265 g/mol. The molecule has 0 bridgehead atoms. The molecule has 3 rings (SSSR count). The lowest BCUT2D eigenvalue weighted by Gasteiger charge is -1.98. The van der Waals surface area contributed by atoms with Gasteiger partial charge in [0.05, 0.1) is 7.11 Å². The van der Waals surface area contributed by atoms with E-state index in [0.717, 1.165) is 28.0 Å². The van der Waals surface area contributed by atoms with Gasteiger partial charge in [0.1, 0.15) is 11.4 Å². The fourth-order valence-electron chi connectivity index (χ4n) is 2.08. The van der Waals surface area contributed by atoms with E-state index in [0.29, 0.717) is 0 Å². The van der Waals surface area contributed by atoms with Gasteiger partial charge in [-0.2, -0.15) is 0 Å². The number of hydrogen-bond donors (Lipinski definition) is 0. The Balaban J connectivity index is 1.91. The molecule has 100 valence electrons. The number of benzene rings is 2. The van der Waals surface area contributed by atoms with Gasteiger partial charge >= 0.3 is 0 Å². The molecular formula is C17H15NO2. The van der Waals surface area contributed by atoms with Crippen molar-refractivity contribution >= 4 is 23.1 Å². The average molecular weight is 265 g/mol. The second kappa shape index (κ2) is 5.21. The Hall–Kier alpha value is -2.55. The van der Waals surface area contributed by atoms with Crippen molar-refractivity contribution in [2.75, 3.05) is 7.11 Å². The van der Waals surface area contributed by atoms with E-state index in [1.54, 1.807) is 7.11 Å². The number of rotatable bonds is 3. The van der Waals surface area contributed by atoms with E-state index in [2.05, 4.69) is 18.1 Å². The van der Waals surface area contributed by atoms with Crippen LogP contribution in [0.2, 0.25) is 0 Å². The van der Waals surface area contributed by atoms with Crippen LogP contribution in [0.1, 0.15) is 16.8 Å². The lowest BCUT2D eigenvalue weighted by Crippen LogP contribution is -1.81. The number of aryl methyl sites for hydroxylation is 1. The van der Waals surface area contributed by atoms with Crippen LogP contribution in [0.4, 0.5) is 0 Å². The minimum Gasteiger partial charge on any atom is -0.497 e. The molecule has 20 heavy (non-hydrogen) atoms.